The Balaban J connectivity index is 2.66. The Morgan fingerprint density at radius 2 is 1.59 bits per heavy atom. The molecule has 0 aliphatic heterocycles. The van der Waals surface area contributed by atoms with Gasteiger partial charge in [0.15, 0.2) is 5.96 Å². The molecule has 0 fully saturated rings. The molecular formula is C11H8ClN3O2. The lowest BCUT2D eigenvalue weighted by Gasteiger charge is -2.14. The van der Waals surface area contributed by atoms with Gasteiger partial charge in [0.2, 0.25) is 11.6 Å². The monoisotopic (exact) mass is 249 g/mol. The number of rotatable bonds is 1. The molecule has 1 aromatic carbocycles. The van der Waals surface area contributed by atoms with Crippen LogP contribution in [-0.2, 0) is 0 Å². The molecule has 1 aliphatic carbocycles. The van der Waals surface area contributed by atoms with E-state index in [1.165, 1.54) is 12.1 Å². The zero-order chi connectivity index (χ0) is 12.6. The van der Waals surface area contributed by atoms with Crippen molar-refractivity contribution in [3.8, 4) is 0 Å². The van der Waals surface area contributed by atoms with Gasteiger partial charge in [-0.2, -0.15) is 0 Å². The third-order valence-corrected chi connectivity index (χ3v) is 2.63. The summed E-state index contributed by atoms with van der Waals surface area (Å²) in [5, 5.41) is -0.262. The van der Waals surface area contributed by atoms with E-state index in [0.717, 1.165) is 0 Å². The van der Waals surface area contributed by atoms with Gasteiger partial charge in [0.25, 0.3) is 0 Å². The van der Waals surface area contributed by atoms with E-state index in [9.17, 15) is 9.59 Å². The molecule has 0 saturated heterocycles. The van der Waals surface area contributed by atoms with Crippen molar-refractivity contribution in [1.82, 2.24) is 0 Å². The van der Waals surface area contributed by atoms with Crippen LogP contribution >= 0.6 is 11.6 Å². The molecule has 0 unspecified atom stereocenters. The molecule has 2 rings (SSSR count). The average Bonchev–Trinajstić information content (AvgIpc) is 2.31. The van der Waals surface area contributed by atoms with Crippen LogP contribution in [0.25, 0.3) is 0 Å². The minimum Gasteiger partial charge on any atom is -0.370 e. The van der Waals surface area contributed by atoms with E-state index in [-0.39, 0.29) is 27.8 Å². The van der Waals surface area contributed by atoms with Crippen molar-refractivity contribution in [2.24, 2.45) is 16.5 Å². The van der Waals surface area contributed by atoms with Gasteiger partial charge < -0.3 is 11.5 Å². The van der Waals surface area contributed by atoms with Gasteiger partial charge in [-0.1, -0.05) is 35.9 Å². The molecule has 6 heteroatoms. The van der Waals surface area contributed by atoms with Crippen molar-refractivity contribution in [1.29, 1.82) is 0 Å². The fourth-order valence-corrected chi connectivity index (χ4v) is 1.79. The molecule has 0 radical (unpaired) electrons. The number of nitrogens with two attached hydrogens (primary N) is 2. The summed E-state index contributed by atoms with van der Waals surface area (Å²) in [7, 11) is 0. The Kier molecular flexibility index (Phi) is 2.69. The summed E-state index contributed by atoms with van der Waals surface area (Å²) < 4.78 is 0. The van der Waals surface area contributed by atoms with Gasteiger partial charge in [-0.15, -0.1) is 0 Å². The minimum absolute atomic E-state index is 0.213. The van der Waals surface area contributed by atoms with Gasteiger partial charge in [-0.05, 0) is 0 Å². The van der Waals surface area contributed by atoms with Crippen LogP contribution in [0.15, 0.2) is 40.0 Å². The number of hydrogen-bond acceptors (Lipinski definition) is 3. The molecule has 0 aromatic heterocycles. The Morgan fingerprint density at radius 3 is 2.12 bits per heavy atom. The predicted molar refractivity (Wildman–Crippen MR) is 63.8 cm³/mol. The summed E-state index contributed by atoms with van der Waals surface area (Å²) in [6.45, 7) is 0. The molecule has 0 heterocycles. The minimum atomic E-state index is -0.460. The van der Waals surface area contributed by atoms with Gasteiger partial charge in [0.1, 0.15) is 10.7 Å². The number of guanidine groups is 1. The molecule has 86 valence electrons. The Morgan fingerprint density at radius 1 is 1.06 bits per heavy atom. The Bertz CT molecular complexity index is 586. The zero-order valence-corrected chi connectivity index (χ0v) is 9.36. The number of carbonyl (C=O) groups is 2. The van der Waals surface area contributed by atoms with Crippen LogP contribution in [0, 0.1) is 0 Å². The van der Waals surface area contributed by atoms with E-state index < -0.39 is 11.6 Å². The molecule has 0 bridgehead atoms. The number of carbonyl (C=O) groups excluding carboxylic acids is 2. The van der Waals surface area contributed by atoms with Crippen LogP contribution in [0.2, 0.25) is 0 Å². The predicted octanol–water partition coefficient (Wildman–Crippen LogP) is 0.789. The van der Waals surface area contributed by atoms with Gasteiger partial charge >= 0.3 is 0 Å². The van der Waals surface area contributed by atoms with Gasteiger partial charge in [-0.25, -0.2) is 4.99 Å². The van der Waals surface area contributed by atoms with E-state index in [1.54, 1.807) is 12.1 Å². The number of hydrogen-bond donors (Lipinski definition) is 2. The van der Waals surface area contributed by atoms with Crippen LogP contribution in [-0.4, -0.2) is 17.5 Å². The highest BCUT2D eigenvalue weighted by atomic mass is 35.5. The molecule has 0 spiro atoms. The standard InChI is InChI=1S/C11H8ClN3O2/c12-7-8(15-11(13)14)10(17)6-4-2-1-3-5(6)9(7)16/h1-4H,(H4,13,14,15). The van der Waals surface area contributed by atoms with Crippen LogP contribution in [0.5, 0.6) is 0 Å². The van der Waals surface area contributed by atoms with Crippen molar-refractivity contribution < 1.29 is 9.59 Å². The normalized spacial score (nSPS) is 14.6. The number of halogens is 1. The first-order chi connectivity index (χ1) is 8.02. The highest BCUT2D eigenvalue weighted by molar-refractivity contribution is 6.50. The fraction of sp³-hybridized carbons (Fsp3) is 0. The molecule has 1 aromatic rings. The quantitative estimate of drug-likeness (QED) is 0.568. The molecule has 17 heavy (non-hydrogen) atoms. The SMILES string of the molecule is NC(N)=NC1=C(Cl)C(=O)c2ccccc2C1=O. The molecule has 0 saturated carbocycles. The molecule has 0 amide bonds. The van der Waals surface area contributed by atoms with E-state index in [1.807, 2.05) is 0 Å². The number of Topliss-reactive ketones (excluding diaryl/α,β-unsaturated/α-hetero) is 2. The number of allylic oxidation sites excluding steroid dienone is 2. The van der Waals surface area contributed by atoms with Crippen molar-refractivity contribution in [3.63, 3.8) is 0 Å². The topological polar surface area (TPSA) is 98.5 Å². The smallest absolute Gasteiger partial charge is 0.213 e. The van der Waals surface area contributed by atoms with Crippen LogP contribution in [0.1, 0.15) is 20.7 Å². The highest BCUT2D eigenvalue weighted by Gasteiger charge is 2.31. The van der Waals surface area contributed by atoms with E-state index in [2.05, 4.69) is 4.99 Å². The number of ketones is 2. The molecule has 0 atom stereocenters. The lowest BCUT2D eigenvalue weighted by atomic mass is 9.93. The fourth-order valence-electron chi connectivity index (χ4n) is 1.56. The molecular weight excluding hydrogens is 242 g/mol. The van der Waals surface area contributed by atoms with Crippen LogP contribution in [0.3, 0.4) is 0 Å². The van der Waals surface area contributed by atoms with Gasteiger partial charge in [-0.3, -0.25) is 9.59 Å². The molecule has 4 N–H and O–H groups in total. The summed E-state index contributed by atoms with van der Waals surface area (Å²) >= 11 is 5.79. The summed E-state index contributed by atoms with van der Waals surface area (Å²) in [6, 6.07) is 6.36. The van der Waals surface area contributed by atoms with E-state index >= 15 is 0 Å². The second kappa shape index (κ2) is 4.03. The average molecular weight is 250 g/mol. The van der Waals surface area contributed by atoms with Crippen LogP contribution in [0.4, 0.5) is 0 Å². The lowest BCUT2D eigenvalue weighted by Crippen LogP contribution is -2.26. The summed E-state index contributed by atoms with van der Waals surface area (Å²) in [4.78, 5) is 27.5. The maximum Gasteiger partial charge on any atom is 0.213 e. The molecule has 5 nitrogen and oxygen atoms in total. The number of fused-ring (bicyclic) bond motifs is 1. The maximum absolute atomic E-state index is 12.0. The first-order valence-electron chi connectivity index (χ1n) is 4.70. The van der Waals surface area contributed by atoms with Crippen molar-refractivity contribution in [2.75, 3.05) is 0 Å². The van der Waals surface area contributed by atoms with Crippen molar-refractivity contribution in [3.05, 3.63) is 46.1 Å². The second-order valence-corrected chi connectivity index (χ2v) is 3.78. The zero-order valence-electron chi connectivity index (χ0n) is 8.61. The van der Waals surface area contributed by atoms with Crippen molar-refractivity contribution in [2.45, 2.75) is 0 Å². The lowest BCUT2D eigenvalue weighted by molar-refractivity contribution is 0.0980. The number of nitrogens with zero attached hydrogens (tertiary/aromatic N) is 1. The summed E-state index contributed by atoms with van der Waals surface area (Å²) in [5.74, 6) is -1.24. The first-order valence-corrected chi connectivity index (χ1v) is 5.08. The van der Waals surface area contributed by atoms with E-state index in [4.69, 9.17) is 23.1 Å². The summed E-state index contributed by atoms with van der Waals surface area (Å²) in [5.41, 5.74) is 10.7. The Hall–Kier alpha value is -2.14. The molecule has 1 aliphatic rings. The number of aliphatic imine (C=N–C) groups is 1. The highest BCUT2D eigenvalue weighted by Crippen LogP contribution is 2.28. The van der Waals surface area contributed by atoms with Crippen LogP contribution < -0.4 is 11.5 Å². The number of benzene rings is 1. The Labute approximate surface area is 102 Å². The second-order valence-electron chi connectivity index (χ2n) is 3.40. The van der Waals surface area contributed by atoms with Crippen molar-refractivity contribution >= 4 is 29.1 Å². The summed E-state index contributed by atoms with van der Waals surface area (Å²) in [6.07, 6.45) is 0. The van der Waals surface area contributed by atoms with E-state index in [0.29, 0.717) is 0 Å². The van der Waals surface area contributed by atoms with Gasteiger partial charge in [0.05, 0.1) is 0 Å². The largest absolute Gasteiger partial charge is 0.370 e. The van der Waals surface area contributed by atoms with Gasteiger partial charge in [0, 0.05) is 11.1 Å². The first kappa shape index (κ1) is 11.3. The maximum atomic E-state index is 12.0. The third kappa shape index (κ3) is 1.81. The third-order valence-electron chi connectivity index (χ3n) is 2.28.